The molecule has 2 aliphatic rings. The van der Waals surface area contributed by atoms with Crippen LogP contribution in [0, 0.1) is 0 Å². The Bertz CT molecular complexity index is 799. The second kappa shape index (κ2) is 6.82. The summed E-state index contributed by atoms with van der Waals surface area (Å²) >= 11 is 0. The third-order valence-corrected chi connectivity index (χ3v) is 3.56. The second-order valence-corrected chi connectivity index (χ2v) is 5.24. The number of hydrogen-bond donors (Lipinski definition) is 1. The first-order chi connectivity index (χ1) is 11.2. The normalized spacial score (nSPS) is 16.7. The lowest BCUT2D eigenvalue weighted by Gasteiger charge is -2.15. The predicted octanol–water partition coefficient (Wildman–Crippen LogP) is 4.54. The smallest absolute Gasteiger partial charge is 0.189 e. The van der Waals surface area contributed by atoms with Crippen LogP contribution in [0.2, 0.25) is 0 Å². The average Bonchev–Trinajstić information content (AvgIpc) is 2.80. The number of carbonyl (C=O) groups is 1. The molecule has 0 unspecified atom stereocenters. The Morgan fingerprint density at radius 3 is 2.57 bits per heavy atom. The van der Waals surface area contributed by atoms with Gasteiger partial charge in [0, 0.05) is 29.7 Å². The standard InChI is InChI=1S/C20H16O3/c21-17-7-4-8-18(14-11-17)23-19-12-9-16(10-13-19)20(22)15-5-2-1-3-6-15/h1-3,5-9,11-12,14,21H,10,13H2. The first-order valence-electron chi connectivity index (χ1n) is 7.43. The van der Waals surface area contributed by atoms with Crippen LogP contribution in [0.15, 0.2) is 95.4 Å². The van der Waals surface area contributed by atoms with Crippen LogP contribution in [-0.4, -0.2) is 10.9 Å². The Morgan fingerprint density at radius 2 is 1.83 bits per heavy atom. The zero-order valence-corrected chi connectivity index (χ0v) is 12.5. The largest absolute Gasteiger partial charge is 0.507 e. The van der Waals surface area contributed by atoms with E-state index in [4.69, 9.17) is 4.74 Å². The van der Waals surface area contributed by atoms with Crippen molar-refractivity contribution in [2.24, 2.45) is 0 Å². The number of allylic oxidation sites excluding steroid dienone is 8. The molecule has 0 atom stereocenters. The molecule has 1 aromatic carbocycles. The number of rotatable bonds is 4. The van der Waals surface area contributed by atoms with E-state index in [9.17, 15) is 9.90 Å². The van der Waals surface area contributed by atoms with Crippen molar-refractivity contribution in [2.45, 2.75) is 12.8 Å². The van der Waals surface area contributed by atoms with Crippen molar-refractivity contribution in [1.82, 2.24) is 0 Å². The maximum absolute atomic E-state index is 12.4. The van der Waals surface area contributed by atoms with Crippen molar-refractivity contribution in [3.8, 4) is 0 Å². The van der Waals surface area contributed by atoms with Gasteiger partial charge < -0.3 is 9.84 Å². The minimum atomic E-state index is 0.0604. The number of aliphatic hydroxyl groups excluding tert-OH is 1. The summed E-state index contributed by atoms with van der Waals surface area (Å²) in [6.45, 7) is 0. The van der Waals surface area contributed by atoms with E-state index in [1.165, 1.54) is 6.08 Å². The fourth-order valence-corrected chi connectivity index (χ4v) is 2.36. The molecular formula is C20H16O3. The molecule has 0 bridgehead atoms. The Kier molecular flexibility index (Phi) is 4.41. The Hall–Kier alpha value is -3.03. The summed E-state index contributed by atoms with van der Waals surface area (Å²) in [5.74, 6) is 1.58. The number of benzene rings is 1. The average molecular weight is 304 g/mol. The highest BCUT2D eigenvalue weighted by Gasteiger charge is 2.16. The molecule has 0 radical (unpaired) electrons. The molecule has 114 valence electrons. The lowest BCUT2D eigenvalue weighted by molar-refractivity contribution is 0.102. The van der Waals surface area contributed by atoms with Gasteiger partial charge >= 0.3 is 0 Å². The van der Waals surface area contributed by atoms with Crippen molar-refractivity contribution >= 4 is 5.78 Å². The molecule has 0 aromatic heterocycles. The lowest BCUT2D eigenvalue weighted by atomic mass is 9.95. The zero-order chi connectivity index (χ0) is 16.1. The molecule has 0 amide bonds. The molecular weight excluding hydrogens is 288 g/mol. The van der Waals surface area contributed by atoms with Crippen LogP contribution >= 0.6 is 0 Å². The van der Waals surface area contributed by atoms with Gasteiger partial charge in [0.15, 0.2) is 5.78 Å². The Morgan fingerprint density at radius 1 is 1.00 bits per heavy atom. The van der Waals surface area contributed by atoms with Gasteiger partial charge in [-0.2, -0.15) is 0 Å². The summed E-state index contributed by atoms with van der Waals surface area (Å²) in [7, 11) is 0. The quantitative estimate of drug-likeness (QED) is 0.656. The van der Waals surface area contributed by atoms with Crippen LogP contribution in [0.1, 0.15) is 23.2 Å². The number of ether oxygens (including phenoxy) is 1. The van der Waals surface area contributed by atoms with Crippen molar-refractivity contribution < 1.29 is 14.6 Å². The summed E-state index contributed by atoms with van der Waals surface area (Å²) in [4.78, 5) is 12.4. The van der Waals surface area contributed by atoms with Gasteiger partial charge in [-0.3, -0.25) is 4.79 Å². The van der Waals surface area contributed by atoms with Gasteiger partial charge in [-0.25, -0.2) is 0 Å². The maximum atomic E-state index is 12.4. The minimum absolute atomic E-state index is 0.0604. The second-order valence-electron chi connectivity index (χ2n) is 5.24. The fourth-order valence-electron chi connectivity index (χ4n) is 2.36. The van der Waals surface area contributed by atoms with E-state index >= 15 is 0 Å². The minimum Gasteiger partial charge on any atom is -0.507 e. The summed E-state index contributed by atoms with van der Waals surface area (Å²) in [6.07, 6.45) is 11.3. The number of hydrogen-bond acceptors (Lipinski definition) is 3. The Balaban J connectivity index is 1.71. The van der Waals surface area contributed by atoms with Crippen molar-refractivity contribution in [2.75, 3.05) is 0 Å². The molecule has 1 aromatic rings. The number of ketones is 1. The van der Waals surface area contributed by atoms with E-state index in [2.05, 4.69) is 5.73 Å². The van der Waals surface area contributed by atoms with Crippen LogP contribution in [0.5, 0.6) is 0 Å². The van der Waals surface area contributed by atoms with Crippen LogP contribution in [-0.2, 0) is 4.74 Å². The molecule has 0 aliphatic heterocycles. The number of aliphatic hydroxyl groups is 1. The van der Waals surface area contributed by atoms with Crippen molar-refractivity contribution in [3.05, 3.63) is 101 Å². The van der Waals surface area contributed by atoms with Gasteiger partial charge in [0.2, 0.25) is 0 Å². The first-order valence-corrected chi connectivity index (χ1v) is 7.43. The van der Waals surface area contributed by atoms with Crippen LogP contribution in [0.4, 0.5) is 0 Å². The molecule has 0 heterocycles. The summed E-state index contributed by atoms with van der Waals surface area (Å²) < 4.78 is 5.77. The highest BCUT2D eigenvalue weighted by molar-refractivity contribution is 6.08. The first kappa shape index (κ1) is 14.9. The molecule has 0 saturated heterocycles. The molecule has 23 heavy (non-hydrogen) atoms. The maximum Gasteiger partial charge on any atom is 0.189 e. The third-order valence-electron chi connectivity index (χ3n) is 3.56. The fraction of sp³-hybridized carbons (Fsp3) is 0.100. The van der Waals surface area contributed by atoms with Crippen LogP contribution in [0.3, 0.4) is 0 Å². The topological polar surface area (TPSA) is 46.5 Å². The SMILES string of the molecule is O=C(C1=CC=C(OC2=CC=C(O)C=C=C2)CC1)c1ccccc1. The molecule has 0 spiro atoms. The number of carbonyl (C=O) groups excluding carboxylic acids is 1. The van der Waals surface area contributed by atoms with Crippen LogP contribution in [0.25, 0.3) is 0 Å². The molecule has 0 fully saturated rings. The van der Waals surface area contributed by atoms with E-state index in [0.717, 1.165) is 11.3 Å². The van der Waals surface area contributed by atoms with Crippen molar-refractivity contribution in [3.63, 3.8) is 0 Å². The molecule has 1 N–H and O–H groups in total. The van der Waals surface area contributed by atoms with Gasteiger partial charge in [0.25, 0.3) is 0 Å². The molecule has 3 rings (SSSR count). The third kappa shape index (κ3) is 3.79. The highest BCUT2D eigenvalue weighted by atomic mass is 16.5. The van der Waals surface area contributed by atoms with E-state index in [-0.39, 0.29) is 11.5 Å². The lowest BCUT2D eigenvalue weighted by Crippen LogP contribution is -2.07. The molecule has 2 aliphatic carbocycles. The molecule has 3 heteroatoms. The van der Waals surface area contributed by atoms with E-state index in [0.29, 0.717) is 24.2 Å². The molecule has 0 saturated carbocycles. The summed E-state index contributed by atoms with van der Waals surface area (Å²) in [5, 5.41) is 9.38. The van der Waals surface area contributed by atoms with E-state index < -0.39 is 0 Å². The summed E-state index contributed by atoms with van der Waals surface area (Å²) in [5.41, 5.74) is 4.32. The van der Waals surface area contributed by atoms with Gasteiger partial charge in [-0.05, 0) is 24.6 Å². The van der Waals surface area contributed by atoms with Crippen LogP contribution < -0.4 is 0 Å². The van der Waals surface area contributed by atoms with Gasteiger partial charge in [-0.1, -0.05) is 36.4 Å². The Labute approximate surface area is 134 Å². The summed E-state index contributed by atoms with van der Waals surface area (Å²) in [6, 6.07) is 9.27. The van der Waals surface area contributed by atoms with Gasteiger partial charge in [0.05, 0.1) is 0 Å². The monoisotopic (exact) mass is 304 g/mol. The van der Waals surface area contributed by atoms with E-state index in [1.807, 2.05) is 42.5 Å². The number of Topliss-reactive ketones (excluding diaryl/α,β-unsaturated/α-hetero) is 1. The predicted molar refractivity (Wildman–Crippen MR) is 88.7 cm³/mol. The van der Waals surface area contributed by atoms with Gasteiger partial charge in [0.1, 0.15) is 17.3 Å². The van der Waals surface area contributed by atoms with Crippen molar-refractivity contribution in [1.29, 1.82) is 0 Å². The zero-order valence-electron chi connectivity index (χ0n) is 12.5. The highest BCUT2D eigenvalue weighted by Crippen LogP contribution is 2.24. The van der Waals surface area contributed by atoms with E-state index in [1.54, 1.807) is 18.2 Å². The van der Waals surface area contributed by atoms with Gasteiger partial charge in [-0.15, -0.1) is 5.73 Å². The molecule has 3 nitrogen and oxygen atoms in total.